The number of nitriles is 1. The summed E-state index contributed by atoms with van der Waals surface area (Å²) in [5, 5.41) is 8.73. The highest BCUT2D eigenvalue weighted by atomic mass is 16.2. The van der Waals surface area contributed by atoms with Crippen molar-refractivity contribution in [1.82, 2.24) is 4.98 Å². The minimum atomic E-state index is -0.639. The maximum Gasteiger partial charge on any atom is 0.266 e. The van der Waals surface area contributed by atoms with E-state index in [1.165, 1.54) is 13.0 Å². The molecule has 0 spiro atoms. The van der Waals surface area contributed by atoms with E-state index in [1.807, 2.05) is 0 Å². The second-order valence-corrected chi connectivity index (χ2v) is 4.08. The van der Waals surface area contributed by atoms with Crippen molar-refractivity contribution >= 4 is 11.6 Å². The molecule has 1 aliphatic rings. The second-order valence-electron chi connectivity index (χ2n) is 4.08. The van der Waals surface area contributed by atoms with Crippen LogP contribution in [0.2, 0.25) is 0 Å². The van der Waals surface area contributed by atoms with Gasteiger partial charge < -0.3 is 4.98 Å². The predicted octanol–water partition coefficient (Wildman–Crippen LogP) is 0.581. The lowest BCUT2D eigenvalue weighted by atomic mass is 9.83. The van der Waals surface area contributed by atoms with E-state index in [1.54, 1.807) is 6.07 Å². The molecule has 1 unspecified atom stereocenters. The van der Waals surface area contributed by atoms with Crippen LogP contribution in [0.1, 0.15) is 35.0 Å². The molecule has 0 aromatic carbocycles. The third-order valence-electron chi connectivity index (χ3n) is 3.00. The maximum absolute atomic E-state index is 12.0. The Bertz CT molecular complexity index is 607. The highest BCUT2D eigenvalue weighted by Gasteiger charge is 2.31. The number of carbonyl (C=O) groups excluding carboxylic acids is 2. The number of nitrogens with zero attached hydrogens (tertiary/aromatic N) is 1. The fourth-order valence-corrected chi connectivity index (χ4v) is 2.06. The molecule has 0 radical (unpaired) electrons. The molecule has 17 heavy (non-hydrogen) atoms. The molecule has 1 aromatic heterocycles. The highest BCUT2D eigenvalue weighted by Crippen LogP contribution is 2.24. The van der Waals surface area contributed by atoms with E-state index >= 15 is 0 Å². The standard InChI is InChI=1S/C12H10N2O3/c1-6(15)8-2-3-10-9(11(8)16)4-7(5-13)12(17)14-10/h4,8H,2-3H2,1H3,(H,14,17). The smallest absolute Gasteiger partial charge is 0.266 e. The summed E-state index contributed by atoms with van der Waals surface area (Å²) >= 11 is 0. The number of H-pyrrole nitrogens is 1. The van der Waals surface area contributed by atoms with Crippen LogP contribution in [-0.4, -0.2) is 16.6 Å². The Labute approximate surface area is 97.1 Å². The Hall–Kier alpha value is -2.22. The molecule has 0 saturated carbocycles. The lowest BCUT2D eigenvalue weighted by molar-refractivity contribution is -0.119. The summed E-state index contributed by atoms with van der Waals surface area (Å²) in [6, 6.07) is 3.01. The quantitative estimate of drug-likeness (QED) is 0.714. The van der Waals surface area contributed by atoms with Gasteiger partial charge in [-0.25, -0.2) is 0 Å². The van der Waals surface area contributed by atoms with Gasteiger partial charge in [-0.15, -0.1) is 0 Å². The van der Waals surface area contributed by atoms with Gasteiger partial charge in [0.2, 0.25) is 0 Å². The Morgan fingerprint density at radius 2 is 2.24 bits per heavy atom. The summed E-state index contributed by atoms with van der Waals surface area (Å²) in [5.74, 6) is -1.11. The molecule has 1 atom stereocenters. The van der Waals surface area contributed by atoms with Crippen molar-refractivity contribution in [3.05, 3.63) is 33.2 Å². The van der Waals surface area contributed by atoms with Gasteiger partial charge in [0, 0.05) is 11.3 Å². The molecule has 2 rings (SSSR count). The number of ketones is 2. The zero-order valence-corrected chi connectivity index (χ0v) is 9.24. The molecular formula is C12H10N2O3. The van der Waals surface area contributed by atoms with E-state index in [-0.39, 0.29) is 17.1 Å². The van der Waals surface area contributed by atoms with Crippen LogP contribution in [0.25, 0.3) is 0 Å². The number of aromatic amines is 1. The first-order valence-electron chi connectivity index (χ1n) is 5.25. The first-order chi connectivity index (χ1) is 8.04. The topological polar surface area (TPSA) is 90.8 Å². The summed E-state index contributed by atoms with van der Waals surface area (Å²) in [6.45, 7) is 1.38. The molecule has 0 saturated heterocycles. The number of aromatic nitrogens is 1. The van der Waals surface area contributed by atoms with Gasteiger partial charge in [-0.2, -0.15) is 5.26 Å². The fraction of sp³-hybridized carbons (Fsp3) is 0.333. The lowest BCUT2D eigenvalue weighted by Crippen LogP contribution is -2.30. The average Bonchev–Trinajstić information content (AvgIpc) is 2.28. The summed E-state index contributed by atoms with van der Waals surface area (Å²) < 4.78 is 0. The van der Waals surface area contributed by atoms with Gasteiger partial charge in [-0.05, 0) is 25.8 Å². The van der Waals surface area contributed by atoms with E-state index in [0.29, 0.717) is 24.1 Å². The number of Topliss-reactive ketones (excluding diaryl/α,β-unsaturated/α-hetero) is 2. The monoisotopic (exact) mass is 230 g/mol. The Morgan fingerprint density at radius 3 is 2.82 bits per heavy atom. The maximum atomic E-state index is 12.0. The van der Waals surface area contributed by atoms with Crippen LogP contribution in [0.4, 0.5) is 0 Å². The molecule has 0 bridgehead atoms. The van der Waals surface area contributed by atoms with E-state index in [2.05, 4.69) is 4.98 Å². The molecule has 1 N–H and O–H groups in total. The van der Waals surface area contributed by atoms with E-state index in [4.69, 9.17) is 5.26 Å². The normalized spacial score (nSPS) is 18.4. The van der Waals surface area contributed by atoms with Crippen LogP contribution in [0, 0.1) is 17.2 Å². The van der Waals surface area contributed by atoms with Crippen molar-refractivity contribution in [1.29, 1.82) is 5.26 Å². The largest absolute Gasteiger partial charge is 0.324 e. The Balaban J connectivity index is 2.57. The number of rotatable bonds is 1. The minimum absolute atomic E-state index is 0.0960. The summed E-state index contributed by atoms with van der Waals surface area (Å²) in [7, 11) is 0. The molecule has 0 amide bonds. The molecule has 1 heterocycles. The predicted molar refractivity (Wildman–Crippen MR) is 58.6 cm³/mol. The van der Waals surface area contributed by atoms with Crippen molar-refractivity contribution in [3.8, 4) is 6.07 Å². The Morgan fingerprint density at radius 1 is 1.53 bits per heavy atom. The number of fused-ring (bicyclic) bond motifs is 1. The molecular weight excluding hydrogens is 220 g/mol. The molecule has 1 aromatic rings. The van der Waals surface area contributed by atoms with Gasteiger partial charge in [-0.1, -0.05) is 0 Å². The second kappa shape index (κ2) is 3.98. The highest BCUT2D eigenvalue weighted by molar-refractivity contribution is 6.11. The van der Waals surface area contributed by atoms with Gasteiger partial charge in [0.05, 0.1) is 5.92 Å². The van der Waals surface area contributed by atoms with Crippen molar-refractivity contribution in [3.63, 3.8) is 0 Å². The third kappa shape index (κ3) is 1.78. The molecule has 5 nitrogen and oxygen atoms in total. The van der Waals surface area contributed by atoms with Crippen molar-refractivity contribution in [2.45, 2.75) is 19.8 Å². The zero-order valence-electron chi connectivity index (χ0n) is 9.24. The van der Waals surface area contributed by atoms with Gasteiger partial charge in [0.25, 0.3) is 5.56 Å². The number of hydrogen-bond acceptors (Lipinski definition) is 4. The number of hydrogen-bond donors (Lipinski definition) is 1. The number of pyridine rings is 1. The minimum Gasteiger partial charge on any atom is -0.324 e. The van der Waals surface area contributed by atoms with Crippen LogP contribution >= 0.6 is 0 Å². The van der Waals surface area contributed by atoms with E-state index in [9.17, 15) is 14.4 Å². The van der Waals surface area contributed by atoms with Gasteiger partial charge in [0.15, 0.2) is 5.78 Å². The van der Waals surface area contributed by atoms with Gasteiger partial charge >= 0.3 is 0 Å². The van der Waals surface area contributed by atoms with Gasteiger partial charge in [0.1, 0.15) is 17.4 Å². The molecule has 0 aliphatic heterocycles. The summed E-state index contributed by atoms with van der Waals surface area (Å²) in [5.41, 5.74) is 0.241. The SMILES string of the molecule is CC(=O)C1CCc2[nH]c(=O)c(C#N)cc2C1=O. The number of aryl methyl sites for hydroxylation is 1. The summed E-state index contributed by atoms with van der Waals surface area (Å²) in [4.78, 5) is 37.2. The van der Waals surface area contributed by atoms with Crippen molar-refractivity contribution < 1.29 is 9.59 Å². The number of nitrogens with one attached hydrogen (secondary N) is 1. The number of carbonyl (C=O) groups is 2. The summed E-state index contributed by atoms with van der Waals surface area (Å²) in [6.07, 6.45) is 0.898. The van der Waals surface area contributed by atoms with Crippen molar-refractivity contribution in [2.75, 3.05) is 0 Å². The molecule has 1 aliphatic carbocycles. The first-order valence-corrected chi connectivity index (χ1v) is 5.25. The van der Waals surface area contributed by atoms with Crippen LogP contribution < -0.4 is 5.56 Å². The van der Waals surface area contributed by atoms with Crippen molar-refractivity contribution in [2.24, 2.45) is 5.92 Å². The zero-order chi connectivity index (χ0) is 12.6. The molecule has 0 fully saturated rings. The van der Waals surface area contributed by atoms with E-state index in [0.717, 1.165) is 0 Å². The van der Waals surface area contributed by atoms with Crippen LogP contribution in [0.5, 0.6) is 0 Å². The lowest BCUT2D eigenvalue weighted by Gasteiger charge is -2.20. The molecule has 86 valence electrons. The first kappa shape index (κ1) is 11.3. The fourth-order valence-electron chi connectivity index (χ4n) is 2.06. The molecule has 5 heteroatoms. The Kier molecular flexibility index (Phi) is 2.64. The van der Waals surface area contributed by atoms with Crippen LogP contribution in [-0.2, 0) is 11.2 Å². The van der Waals surface area contributed by atoms with Crippen LogP contribution in [0.3, 0.4) is 0 Å². The van der Waals surface area contributed by atoms with Crippen LogP contribution in [0.15, 0.2) is 10.9 Å². The average molecular weight is 230 g/mol. The third-order valence-corrected chi connectivity index (χ3v) is 3.00. The van der Waals surface area contributed by atoms with E-state index < -0.39 is 11.5 Å². The van der Waals surface area contributed by atoms with Gasteiger partial charge in [-0.3, -0.25) is 14.4 Å².